The molecule has 0 radical (unpaired) electrons. The van der Waals surface area contributed by atoms with Crippen molar-refractivity contribution in [1.29, 1.82) is 0 Å². The fraction of sp³-hybridized carbons (Fsp3) is 1.00. The molecule has 0 bridgehead atoms. The van der Waals surface area contributed by atoms with Gasteiger partial charge in [0.2, 0.25) is 0 Å². The van der Waals surface area contributed by atoms with Crippen LogP contribution in [0.15, 0.2) is 0 Å². The number of hydrogen-bond acceptors (Lipinski definition) is 6. The summed E-state index contributed by atoms with van der Waals surface area (Å²) < 4.78 is 38.8. The molecule has 190 valence electrons. The third-order valence-electron chi connectivity index (χ3n) is 8.42. The van der Waals surface area contributed by atoms with Crippen molar-refractivity contribution < 1.29 is 28.4 Å². The summed E-state index contributed by atoms with van der Waals surface area (Å²) in [5.74, 6) is -0.865. The molecule has 0 N–H and O–H groups in total. The predicted molar refractivity (Wildman–Crippen MR) is 125 cm³/mol. The Bertz CT molecular complexity index is 599. The third kappa shape index (κ3) is 5.62. The molecule has 3 saturated heterocycles. The first-order valence-corrected chi connectivity index (χ1v) is 14.2. The van der Waals surface area contributed by atoms with Gasteiger partial charge in [0.25, 0.3) is 0 Å². The maximum Gasteiger partial charge on any atom is 0.190 e. The lowest BCUT2D eigenvalue weighted by molar-refractivity contribution is -0.262. The van der Waals surface area contributed by atoms with Crippen LogP contribution in [-0.4, -0.2) is 55.5 Å². The lowest BCUT2D eigenvalue weighted by atomic mass is 9.94. The molecule has 2 saturated carbocycles. The van der Waals surface area contributed by atoms with E-state index in [0.717, 1.165) is 51.6 Å². The van der Waals surface area contributed by atoms with Gasteiger partial charge in [-0.3, -0.25) is 0 Å². The average molecular weight is 467 g/mol. The molecule has 0 aromatic rings. The number of ether oxygens (including phenoxy) is 6. The molecule has 33 heavy (non-hydrogen) atoms. The predicted octanol–water partition coefficient (Wildman–Crippen LogP) is 6.00. The molecule has 5 rings (SSSR count). The zero-order chi connectivity index (χ0) is 22.6. The summed E-state index contributed by atoms with van der Waals surface area (Å²) >= 11 is 0. The van der Waals surface area contributed by atoms with Crippen LogP contribution in [0, 0.1) is 0 Å². The van der Waals surface area contributed by atoms with Gasteiger partial charge in [0, 0.05) is 32.3 Å². The van der Waals surface area contributed by atoms with Gasteiger partial charge in [-0.2, -0.15) is 0 Å². The minimum atomic E-state index is -0.461. The van der Waals surface area contributed by atoms with Gasteiger partial charge in [0.15, 0.2) is 17.9 Å². The van der Waals surface area contributed by atoms with Crippen molar-refractivity contribution >= 4 is 0 Å². The first kappa shape index (κ1) is 24.5. The van der Waals surface area contributed by atoms with Crippen molar-refractivity contribution in [3.8, 4) is 0 Å². The molecule has 5 fully saturated rings. The molecule has 3 aliphatic heterocycles. The van der Waals surface area contributed by atoms with Gasteiger partial charge in [-0.1, -0.05) is 58.3 Å². The van der Waals surface area contributed by atoms with E-state index in [4.69, 9.17) is 28.4 Å². The van der Waals surface area contributed by atoms with Gasteiger partial charge in [-0.25, -0.2) is 0 Å². The summed E-state index contributed by atoms with van der Waals surface area (Å²) in [5.41, 5.74) is 0. The second kappa shape index (κ2) is 11.2. The van der Waals surface area contributed by atoms with E-state index in [0.29, 0.717) is 6.61 Å². The van der Waals surface area contributed by atoms with Gasteiger partial charge < -0.3 is 28.4 Å². The standard InChI is InChI=1S/C27H46O6/c1-2-3-4-5-6-7-14-19-28-23-22(21-20-29-26(31-21)15-10-8-11-16-26)30-25-24(23)32-27(33-25)17-12-9-13-18-27/h21-25H,2-20H2,1H3/t21-,22-,23+,24+,25-/m0/s1. The second-order valence-corrected chi connectivity index (χ2v) is 11.0. The third-order valence-corrected chi connectivity index (χ3v) is 8.42. The van der Waals surface area contributed by atoms with Crippen LogP contribution in [0.4, 0.5) is 0 Å². The SMILES string of the molecule is CCCCCCCCCO[C@@H]1[C@H]([C@@H]2COC3(CCCCC3)O2)O[C@H]2OC3(CCCCC3)O[C@@H]21. The molecule has 2 spiro atoms. The Morgan fingerprint density at radius 2 is 1.36 bits per heavy atom. The zero-order valence-corrected chi connectivity index (χ0v) is 20.8. The Labute approximate surface area is 200 Å². The Hall–Kier alpha value is -0.240. The number of rotatable bonds is 10. The summed E-state index contributed by atoms with van der Waals surface area (Å²) in [7, 11) is 0. The number of fused-ring (bicyclic) bond motifs is 1. The smallest absolute Gasteiger partial charge is 0.190 e. The van der Waals surface area contributed by atoms with Crippen LogP contribution in [0.2, 0.25) is 0 Å². The first-order chi connectivity index (χ1) is 16.2. The van der Waals surface area contributed by atoms with Crippen molar-refractivity contribution in [3.05, 3.63) is 0 Å². The van der Waals surface area contributed by atoms with E-state index in [9.17, 15) is 0 Å². The molecule has 6 heteroatoms. The molecule has 0 amide bonds. The molecule has 2 aliphatic carbocycles. The molecule has 3 heterocycles. The molecule has 0 aromatic carbocycles. The molecular formula is C27H46O6. The quantitative estimate of drug-likeness (QED) is 0.368. The number of unbranched alkanes of at least 4 members (excludes halogenated alkanes) is 6. The van der Waals surface area contributed by atoms with Crippen molar-refractivity contribution in [2.24, 2.45) is 0 Å². The Morgan fingerprint density at radius 1 is 0.697 bits per heavy atom. The zero-order valence-electron chi connectivity index (χ0n) is 20.8. The molecular weight excluding hydrogens is 420 g/mol. The van der Waals surface area contributed by atoms with Crippen molar-refractivity contribution in [3.63, 3.8) is 0 Å². The highest BCUT2D eigenvalue weighted by Crippen LogP contribution is 2.48. The van der Waals surface area contributed by atoms with Gasteiger partial charge in [0.1, 0.15) is 24.4 Å². The number of hydrogen-bond donors (Lipinski definition) is 0. The van der Waals surface area contributed by atoms with E-state index < -0.39 is 11.6 Å². The van der Waals surface area contributed by atoms with Crippen LogP contribution in [0.25, 0.3) is 0 Å². The van der Waals surface area contributed by atoms with Crippen LogP contribution in [0.1, 0.15) is 116 Å². The molecule has 6 nitrogen and oxygen atoms in total. The largest absolute Gasteiger partial charge is 0.372 e. The average Bonchev–Trinajstić information content (AvgIpc) is 3.48. The fourth-order valence-electron chi connectivity index (χ4n) is 6.54. The van der Waals surface area contributed by atoms with Crippen LogP contribution in [-0.2, 0) is 28.4 Å². The Balaban J connectivity index is 1.17. The Morgan fingerprint density at radius 3 is 2.09 bits per heavy atom. The summed E-state index contributed by atoms with van der Waals surface area (Å²) in [4.78, 5) is 0. The summed E-state index contributed by atoms with van der Waals surface area (Å²) in [6.07, 6.45) is 19.1. The van der Waals surface area contributed by atoms with E-state index in [1.807, 2.05) is 0 Å². The monoisotopic (exact) mass is 466 g/mol. The topological polar surface area (TPSA) is 55.4 Å². The lowest BCUT2D eigenvalue weighted by Gasteiger charge is -2.35. The molecule has 5 atom stereocenters. The van der Waals surface area contributed by atoms with Gasteiger partial charge in [-0.05, 0) is 32.1 Å². The highest BCUT2D eigenvalue weighted by Gasteiger charge is 2.61. The first-order valence-electron chi connectivity index (χ1n) is 14.2. The minimum absolute atomic E-state index is 0.109. The molecule has 0 aromatic heterocycles. The summed E-state index contributed by atoms with van der Waals surface area (Å²) in [6, 6.07) is 0. The van der Waals surface area contributed by atoms with Crippen molar-refractivity contribution in [1.82, 2.24) is 0 Å². The lowest BCUT2D eigenvalue weighted by Crippen LogP contribution is -2.46. The van der Waals surface area contributed by atoms with Crippen LogP contribution in [0.5, 0.6) is 0 Å². The van der Waals surface area contributed by atoms with Crippen molar-refractivity contribution in [2.75, 3.05) is 13.2 Å². The van der Waals surface area contributed by atoms with E-state index in [2.05, 4.69) is 6.92 Å². The summed E-state index contributed by atoms with van der Waals surface area (Å²) in [5, 5.41) is 0. The fourth-order valence-corrected chi connectivity index (χ4v) is 6.54. The minimum Gasteiger partial charge on any atom is -0.372 e. The van der Waals surface area contributed by atoms with Crippen LogP contribution >= 0.6 is 0 Å². The summed E-state index contributed by atoms with van der Waals surface area (Å²) in [6.45, 7) is 3.59. The van der Waals surface area contributed by atoms with Gasteiger partial charge >= 0.3 is 0 Å². The second-order valence-electron chi connectivity index (χ2n) is 11.0. The van der Waals surface area contributed by atoms with E-state index in [-0.39, 0.29) is 30.7 Å². The van der Waals surface area contributed by atoms with E-state index in [1.54, 1.807) is 0 Å². The molecule has 5 aliphatic rings. The highest BCUT2D eigenvalue weighted by molar-refractivity contribution is 5.01. The van der Waals surface area contributed by atoms with E-state index >= 15 is 0 Å². The Kier molecular flexibility index (Phi) is 8.31. The van der Waals surface area contributed by atoms with Gasteiger partial charge in [0.05, 0.1) is 6.61 Å². The molecule has 0 unspecified atom stereocenters. The van der Waals surface area contributed by atoms with Gasteiger partial charge in [-0.15, -0.1) is 0 Å². The van der Waals surface area contributed by atoms with E-state index in [1.165, 1.54) is 64.2 Å². The maximum absolute atomic E-state index is 6.61. The van der Waals surface area contributed by atoms with Crippen LogP contribution in [0.3, 0.4) is 0 Å². The normalized spacial score (nSPS) is 37.2. The highest BCUT2D eigenvalue weighted by atomic mass is 16.9. The maximum atomic E-state index is 6.61. The van der Waals surface area contributed by atoms with Crippen molar-refractivity contribution in [2.45, 2.75) is 158 Å². The van der Waals surface area contributed by atoms with Crippen LogP contribution < -0.4 is 0 Å².